The Morgan fingerprint density at radius 2 is 1.33 bits per heavy atom. The molecule has 2 nitrogen and oxygen atoms in total. The summed E-state index contributed by atoms with van der Waals surface area (Å²) in [6.45, 7) is 0. The Bertz CT molecular complexity index is 438. The van der Waals surface area contributed by atoms with Crippen molar-refractivity contribution in [3.8, 4) is 0 Å². The van der Waals surface area contributed by atoms with Gasteiger partial charge in [0.1, 0.15) is 0 Å². The monoisotopic (exact) mass is 236 g/mol. The minimum absolute atomic E-state index is 0.747. The summed E-state index contributed by atoms with van der Waals surface area (Å²) in [6, 6.07) is 7.55. The van der Waals surface area contributed by atoms with Crippen LogP contribution in [0, 0.1) is 0 Å². The molecular weight excluding hydrogens is 228 g/mol. The van der Waals surface area contributed by atoms with Crippen LogP contribution in [0.2, 0.25) is 0 Å². The molecule has 4 heteroatoms. The molecule has 0 fully saturated rings. The molecule has 0 N–H and O–H groups in total. The number of carbonyl (C=O) groups excluding carboxylic acids is 2. The summed E-state index contributed by atoms with van der Waals surface area (Å²) in [5.74, 6) is 0. The molecule has 0 aromatic carbocycles. The van der Waals surface area contributed by atoms with Gasteiger partial charge in [-0.1, -0.05) is 0 Å². The second kappa shape index (κ2) is 4.51. The first-order valence-electron chi connectivity index (χ1n) is 4.39. The van der Waals surface area contributed by atoms with Crippen molar-refractivity contribution in [3.05, 3.63) is 43.8 Å². The number of aldehydes is 2. The van der Waals surface area contributed by atoms with E-state index >= 15 is 0 Å². The van der Waals surface area contributed by atoms with Crippen LogP contribution in [0.25, 0.3) is 0 Å². The molecule has 0 bridgehead atoms. The van der Waals surface area contributed by atoms with Crippen LogP contribution >= 0.6 is 22.7 Å². The first kappa shape index (κ1) is 10.3. The molecule has 2 heterocycles. The lowest BCUT2D eigenvalue weighted by Gasteiger charge is -1.91. The molecule has 0 amide bonds. The zero-order chi connectivity index (χ0) is 10.7. The van der Waals surface area contributed by atoms with E-state index in [-0.39, 0.29) is 0 Å². The lowest BCUT2D eigenvalue weighted by Crippen LogP contribution is -1.76. The Labute approximate surface area is 95.2 Å². The van der Waals surface area contributed by atoms with Crippen LogP contribution in [0.3, 0.4) is 0 Å². The molecule has 0 radical (unpaired) electrons. The Balaban J connectivity index is 2.13. The van der Waals surface area contributed by atoms with Crippen molar-refractivity contribution in [2.75, 3.05) is 0 Å². The highest BCUT2D eigenvalue weighted by molar-refractivity contribution is 7.15. The molecule has 15 heavy (non-hydrogen) atoms. The third-order valence-corrected chi connectivity index (χ3v) is 3.97. The Morgan fingerprint density at radius 1 is 0.867 bits per heavy atom. The van der Waals surface area contributed by atoms with E-state index in [1.54, 1.807) is 0 Å². The van der Waals surface area contributed by atoms with Crippen molar-refractivity contribution < 1.29 is 9.59 Å². The van der Waals surface area contributed by atoms with Gasteiger partial charge in [-0.05, 0) is 24.3 Å². The third kappa shape index (κ3) is 2.40. The summed E-state index contributed by atoms with van der Waals surface area (Å²) in [7, 11) is 0. The highest BCUT2D eigenvalue weighted by Crippen LogP contribution is 2.22. The molecule has 0 aliphatic heterocycles. The molecule has 0 saturated heterocycles. The summed E-state index contributed by atoms with van der Waals surface area (Å²) in [5.41, 5.74) is 0. The largest absolute Gasteiger partial charge is 0.297 e. The maximum Gasteiger partial charge on any atom is 0.160 e. The average molecular weight is 236 g/mol. The fourth-order valence-corrected chi connectivity index (χ4v) is 3.07. The van der Waals surface area contributed by atoms with Gasteiger partial charge in [0.05, 0.1) is 9.75 Å². The maximum absolute atomic E-state index is 10.5. The van der Waals surface area contributed by atoms with Gasteiger partial charge in [0.15, 0.2) is 12.6 Å². The first-order chi connectivity index (χ1) is 7.31. The van der Waals surface area contributed by atoms with Crippen molar-refractivity contribution in [1.82, 2.24) is 0 Å². The molecule has 76 valence electrons. The normalized spacial score (nSPS) is 10.1. The number of carbonyl (C=O) groups is 2. The fourth-order valence-electron chi connectivity index (χ4n) is 1.28. The van der Waals surface area contributed by atoms with E-state index < -0.39 is 0 Å². The van der Waals surface area contributed by atoms with E-state index in [1.807, 2.05) is 24.3 Å². The maximum atomic E-state index is 10.5. The zero-order valence-corrected chi connectivity index (χ0v) is 9.44. The first-order valence-corrected chi connectivity index (χ1v) is 6.03. The number of rotatable bonds is 4. The molecule has 2 aromatic rings. The van der Waals surface area contributed by atoms with Gasteiger partial charge >= 0.3 is 0 Å². The van der Waals surface area contributed by atoms with Gasteiger partial charge in [-0.3, -0.25) is 9.59 Å². The van der Waals surface area contributed by atoms with Crippen molar-refractivity contribution in [3.63, 3.8) is 0 Å². The van der Waals surface area contributed by atoms with E-state index in [2.05, 4.69) is 0 Å². The zero-order valence-electron chi connectivity index (χ0n) is 7.80. The molecule has 2 rings (SSSR count). The topological polar surface area (TPSA) is 34.1 Å². The van der Waals surface area contributed by atoms with Crippen molar-refractivity contribution in [1.29, 1.82) is 0 Å². The van der Waals surface area contributed by atoms with Crippen molar-refractivity contribution in [2.24, 2.45) is 0 Å². The van der Waals surface area contributed by atoms with Crippen LogP contribution in [0.1, 0.15) is 29.1 Å². The van der Waals surface area contributed by atoms with Gasteiger partial charge in [0.25, 0.3) is 0 Å². The van der Waals surface area contributed by atoms with Crippen LogP contribution < -0.4 is 0 Å². The molecule has 2 aromatic heterocycles. The van der Waals surface area contributed by atoms with E-state index in [0.717, 1.165) is 38.5 Å². The predicted octanol–water partition coefficient (Wildman–Crippen LogP) is 3.03. The Hall–Kier alpha value is -1.26. The summed E-state index contributed by atoms with van der Waals surface area (Å²) < 4.78 is 0. The second-order valence-electron chi connectivity index (χ2n) is 3.02. The molecule has 0 spiro atoms. The highest BCUT2D eigenvalue weighted by Gasteiger charge is 2.03. The van der Waals surface area contributed by atoms with Crippen LogP contribution in [0.4, 0.5) is 0 Å². The lowest BCUT2D eigenvalue weighted by molar-refractivity contribution is 0.111. The van der Waals surface area contributed by atoms with Crippen molar-refractivity contribution in [2.45, 2.75) is 6.42 Å². The van der Waals surface area contributed by atoms with E-state index in [9.17, 15) is 9.59 Å². The SMILES string of the molecule is O=Cc1ccc(Cc2ccc(C=O)s2)s1. The molecular formula is C11H8O2S2. The van der Waals surface area contributed by atoms with E-state index in [1.165, 1.54) is 22.7 Å². The summed E-state index contributed by atoms with van der Waals surface area (Å²) in [5, 5.41) is 0. The fraction of sp³-hybridized carbons (Fsp3) is 0.0909. The Kier molecular flexibility index (Phi) is 3.08. The predicted molar refractivity (Wildman–Crippen MR) is 62.2 cm³/mol. The minimum atomic E-state index is 0.747. The summed E-state index contributed by atoms with van der Waals surface area (Å²) in [4.78, 5) is 24.8. The van der Waals surface area contributed by atoms with Gasteiger partial charge in [-0.2, -0.15) is 0 Å². The number of hydrogen-bond donors (Lipinski definition) is 0. The van der Waals surface area contributed by atoms with Crippen LogP contribution in [-0.2, 0) is 6.42 Å². The van der Waals surface area contributed by atoms with E-state index in [0.29, 0.717) is 0 Å². The number of hydrogen-bond acceptors (Lipinski definition) is 4. The summed E-state index contributed by atoms with van der Waals surface area (Å²) >= 11 is 2.99. The Morgan fingerprint density at radius 3 is 1.67 bits per heavy atom. The van der Waals surface area contributed by atoms with Gasteiger partial charge < -0.3 is 0 Å². The van der Waals surface area contributed by atoms with Gasteiger partial charge in [0, 0.05) is 16.2 Å². The minimum Gasteiger partial charge on any atom is -0.297 e. The second-order valence-corrected chi connectivity index (χ2v) is 5.42. The molecule has 0 aliphatic rings. The highest BCUT2D eigenvalue weighted by atomic mass is 32.1. The van der Waals surface area contributed by atoms with Crippen LogP contribution in [-0.4, -0.2) is 12.6 Å². The van der Waals surface area contributed by atoms with E-state index in [4.69, 9.17) is 0 Å². The summed E-state index contributed by atoms with van der Waals surface area (Å²) in [6.07, 6.45) is 2.52. The van der Waals surface area contributed by atoms with Crippen molar-refractivity contribution >= 4 is 35.2 Å². The number of thiophene rings is 2. The smallest absolute Gasteiger partial charge is 0.160 e. The molecule has 0 unspecified atom stereocenters. The van der Waals surface area contributed by atoms with Gasteiger partial charge in [0.2, 0.25) is 0 Å². The molecule has 0 aliphatic carbocycles. The quantitative estimate of drug-likeness (QED) is 0.765. The van der Waals surface area contributed by atoms with Crippen LogP contribution in [0.5, 0.6) is 0 Å². The average Bonchev–Trinajstić information content (AvgIpc) is 2.87. The lowest BCUT2D eigenvalue weighted by atomic mass is 10.3. The third-order valence-electron chi connectivity index (χ3n) is 1.95. The molecule has 0 atom stereocenters. The standard InChI is InChI=1S/C11H8O2S2/c12-6-10-3-1-8(14-10)5-9-2-4-11(7-13)15-9/h1-4,6-7H,5H2. The van der Waals surface area contributed by atoms with Gasteiger partial charge in [-0.15, -0.1) is 22.7 Å². The molecule has 0 saturated carbocycles. The van der Waals surface area contributed by atoms with Gasteiger partial charge in [-0.25, -0.2) is 0 Å². The van der Waals surface area contributed by atoms with Crippen LogP contribution in [0.15, 0.2) is 24.3 Å².